The molecule has 0 aliphatic heterocycles. The Labute approximate surface area is 207 Å². The third-order valence-electron chi connectivity index (χ3n) is 5.77. The summed E-state index contributed by atoms with van der Waals surface area (Å²) in [5, 5.41) is 2.99. The van der Waals surface area contributed by atoms with Gasteiger partial charge in [-0.25, -0.2) is 8.42 Å². The summed E-state index contributed by atoms with van der Waals surface area (Å²) in [4.78, 5) is 13.3. The van der Waals surface area contributed by atoms with E-state index in [0.717, 1.165) is 21.0 Å². The molecule has 1 N–H and O–H groups in total. The quantitative estimate of drug-likeness (QED) is 0.437. The molecule has 0 saturated heterocycles. The van der Waals surface area contributed by atoms with Crippen molar-refractivity contribution in [2.45, 2.75) is 38.1 Å². The molecule has 186 valence electrons. The lowest BCUT2D eigenvalue weighted by Gasteiger charge is -2.26. The number of carbonyl (C=O) groups is 1. The van der Waals surface area contributed by atoms with E-state index in [9.17, 15) is 13.2 Å². The Morgan fingerprint density at radius 3 is 2.00 bits per heavy atom. The molecular weight excluding hydrogens is 464 g/mol. The molecule has 3 aromatic rings. The molecule has 0 aliphatic carbocycles. The van der Waals surface area contributed by atoms with E-state index in [1.807, 2.05) is 45.0 Å². The minimum Gasteiger partial charge on any atom is -0.493 e. The van der Waals surface area contributed by atoms with E-state index >= 15 is 0 Å². The summed E-state index contributed by atoms with van der Waals surface area (Å²) in [5.74, 6) is 0.405. The van der Waals surface area contributed by atoms with Gasteiger partial charge in [-0.3, -0.25) is 9.10 Å². The van der Waals surface area contributed by atoms with Crippen LogP contribution in [0, 0.1) is 13.8 Å². The molecule has 0 fully saturated rings. The molecule has 0 saturated carbocycles. The van der Waals surface area contributed by atoms with Crippen molar-refractivity contribution in [1.82, 2.24) is 5.32 Å². The summed E-state index contributed by atoms with van der Waals surface area (Å²) in [6.07, 6.45) is 0.663. The summed E-state index contributed by atoms with van der Waals surface area (Å²) in [5.41, 5.74) is 3.31. The molecule has 0 radical (unpaired) electrons. The second kappa shape index (κ2) is 11.3. The fraction of sp³-hybridized carbons (Fsp3) is 0.296. The summed E-state index contributed by atoms with van der Waals surface area (Å²) in [6.45, 7) is 5.46. The maximum absolute atomic E-state index is 13.7. The predicted octanol–water partition coefficient (Wildman–Crippen LogP) is 4.78. The highest BCUT2D eigenvalue weighted by molar-refractivity contribution is 7.92. The zero-order valence-electron chi connectivity index (χ0n) is 20.7. The van der Waals surface area contributed by atoms with Crippen LogP contribution in [0.4, 0.5) is 5.69 Å². The first kappa shape index (κ1) is 26.1. The molecule has 1 atom stereocenters. The predicted molar refractivity (Wildman–Crippen MR) is 138 cm³/mol. The summed E-state index contributed by atoms with van der Waals surface area (Å²) in [7, 11) is -1.07. The second-order valence-electron chi connectivity index (χ2n) is 8.30. The van der Waals surface area contributed by atoms with E-state index in [1.165, 1.54) is 26.4 Å². The molecule has 0 unspecified atom stereocenters. The zero-order valence-corrected chi connectivity index (χ0v) is 21.6. The van der Waals surface area contributed by atoms with Gasteiger partial charge >= 0.3 is 0 Å². The van der Waals surface area contributed by atoms with Crippen LogP contribution in [-0.2, 0) is 14.8 Å². The van der Waals surface area contributed by atoms with Crippen LogP contribution in [0.5, 0.6) is 11.5 Å². The van der Waals surface area contributed by atoms with Gasteiger partial charge in [-0.15, -0.1) is 0 Å². The molecule has 0 bridgehead atoms. The third kappa shape index (κ3) is 6.14. The molecule has 3 aromatic carbocycles. The van der Waals surface area contributed by atoms with Gasteiger partial charge in [-0.1, -0.05) is 54.4 Å². The lowest BCUT2D eigenvalue weighted by atomic mass is 10.0. The van der Waals surface area contributed by atoms with Gasteiger partial charge in [0.25, 0.3) is 10.0 Å². The van der Waals surface area contributed by atoms with Crippen molar-refractivity contribution in [3.05, 3.63) is 83.4 Å². The minimum atomic E-state index is -4.05. The standard InChI is InChI=1S/C27H32N2O5S/c1-6-24(21-11-7-19(2)8-12-21)28-27(30)18-29(22-13-16-25(33-4)26(17-22)34-5)35(31,32)23-14-9-20(3)10-15-23/h7-17,24H,6,18H2,1-5H3,(H,28,30)/t24-/m1/s1. The van der Waals surface area contributed by atoms with Gasteiger partial charge in [-0.2, -0.15) is 0 Å². The number of nitrogens with zero attached hydrogens (tertiary/aromatic N) is 1. The van der Waals surface area contributed by atoms with Crippen molar-refractivity contribution in [3.63, 3.8) is 0 Å². The Hall–Kier alpha value is -3.52. The van der Waals surface area contributed by atoms with Crippen LogP contribution in [0.2, 0.25) is 0 Å². The van der Waals surface area contributed by atoms with E-state index in [2.05, 4.69) is 5.32 Å². The van der Waals surface area contributed by atoms with Crippen LogP contribution in [0.15, 0.2) is 71.6 Å². The molecule has 35 heavy (non-hydrogen) atoms. The van der Waals surface area contributed by atoms with Crippen molar-refractivity contribution < 1.29 is 22.7 Å². The van der Waals surface area contributed by atoms with E-state index in [-0.39, 0.29) is 10.9 Å². The number of ether oxygens (including phenoxy) is 2. The fourth-order valence-corrected chi connectivity index (χ4v) is 5.14. The first-order chi connectivity index (χ1) is 16.7. The maximum atomic E-state index is 13.7. The van der Waals surface area contributed by atoms with Crippen LogP contribution in [0.1, 0.15) is 36.1 Å². The number of anilines is 1. The topological polar surface area (TPSA) is 84.9 Å². The SMILES string of the molecule is CC[C@@H](NC(=O)CN(c1ccc(OC)c(OC)c1)S(=O)(=O)c1ccc(C)cc1)c1ccc(C)cc1. The van der Waals surface area contributed by atoms with Gasteiger partial charge in [0.05, 0.1) is 30.8 Å². The Bertz CT molecular complexity index is 1260. The second-order valence-corrected chi connectivity index (χ2v) is 10.2. The number of aryl methyl sites for hydroxylation is 2. The highest BCUT2D eigenvalue weighted by Crippen LogP contribution is 2.34. The number of hydrogen-bond acceptors (Lipinski definition) is 5. The molecule has 0 aromatic heterocycles. The number of amides is 1. The van der Waals surface area contributed by atoms with E-state index in [1.54, 1.807) is 30.3 Å². The molecule has 0 spiro atoms. The third-order valence-corrected chi connectivity index (χ3v) is 7.56. The van der Waals surface area contributed by atoms with Gasteiger partial charge in [0, 0.05) is 6.07 Å². The van der Waals surface area contributed by atoms with Gasteiger partial charge in [0.2, 0.25) is 5.91 Å². The van der Waals surface area contributed by atoms with E-state index in [4.69, 9.17) is 9.47 Å². The van der Waals surface area contributed by atoms with Crippen LogP contribution in [0.25, 0.3) is 0 Å². The molecule has 3 rings (SSSR count). The monoisotopic (exact) mass is 496 g/mol. The van der Waals surface area contributed by atoms with Crippen molar-refractivity contribution in [2.24, 2.45) is 0 Å². The molecule has 0 aliphatic rings. The average molecular weight is 497 g/mol. The summed E-state index contributed by atoms with van der Waals surface area (Å²) < 4.78 is 39.1. The number of carbonyl (C=O) groups excluding carboxylic acids is 1. The van der Waals surface area contributed by atoms with Crippen molar-refractivity contribution >= 4 is 21.6 Å². The molecule has 0 heterocycles. The van der Waals surface area contributed by atoms with Crippen LogP contribution in [-0.4, -0.2) is 35.1 Å². The molecule has 1 amide bonds. The normalized spacial score (nSPS) is 12.0. The Balaban J connectivity index is 1.97. The zero-order chi connectivity index (χ0) is 25.6. The van der Waals surface area contributed by atoms with Gasteiger partial charge in [0.1, 0.15) is 6.54 Å². The molecule has 7 nitrogen and oxygen atoms in total. The number of benzene rings is 3. The number of nitrogens with one attached hydrogen (secondary N) is 1. The number of rotatable bonds is 10. The molecular formula is C27H32N2O5S. The Kier molecular flexibility index (Phi) is 8.40. The summed E-state index contributed by atoms with van der Waals surface area (Å²) in [6, 6.07) is 19.0. The first-order valence-electron chi connectivity index (χ1n) is 11.4. The highest BCUT2D eigenvalue weighted by atomic mass is 32.2. The smallest absolute Gasteiger partial charge is 0.264 e. The minimum absolute atomic E-state index is 0.0938. The number of sulfonamides is 1. The van der Waals surface area contributed by atoms with E-state index in [0.29, 0.717) is 23.6 Å². The lowest BCUT2D eigenvalue weighted by Crippen LogP contribution is -2.42. The van der Waals surface area contributed by atoms with Crippen LogP contribution in [0.3, 0.4) is 0 Å². The average Bonchev–Trinajstić information content (AvgIpc) is 2.86. The Morgan fingerprint density at radius 2 is 1.46 bits per heavy atom. The molecule has 8 heteroatoms. The fourth-order valence-electron chi connectivity index (χ4n) is 3.72. The first-order valence-corrected chi connectivity index (χ1v) is 12.8. The van der Waals surface area contributed by atoms with Crippen molar-refractivity contribution in [2.75, 3.05) is 25.1 Å². The van der Waals surface area contributed by atoms with Crippen LogP contribution >= 0.6 is 0 Å². The van der Waals surface area contributed by atoms with Gasteiger partial charge < -0.3 is 14.8 Å². The summed E-state index contributed by atoms with van der Waals surface area (Å²) >= 11 is 0. The number of hydrogen-bond donors (Lipinski definition) is 1. The van der Waals surface area contributed by atoms with Gasteiger partial charge in [-0.05, 0) is 50.1 Å². The lowest BCUT2D eigenvalue weighted by molar-refractivity contribution is -0.120. The van der Waals surface area contributed by atoms with E-state index < -0.39 is 22.5 Å². The number of methoxy groups -OCH3 is 2. The largest absolute Gasteiger partial charge is 0.493 e. The van der Waals surface area contributed by atoms with Crippen LogP contribution < -0.4 is 19.1 Å². The Morgan fingerprint density at radius 1 is 0.886 bits per heavy atom. The maximum Gasteiger partial charge on any atom is 0.264 e. The van der Waals surface area contributed by atoms with Gasteiger partial charge in [0.15, 0.2) is 11.5 Å². The van der Waals surface area contributed by atoms with Crippen molar-refractivity contribution in [3.8, 4) is 11.5 Å². The van der Waals surface area contributed by atoms with Crippen molar-refractivity contribution in [1.29, 1.82) is 0 Å². The highest BCUT2D eigenvalue weighted by Gasteiger charge is 2.29.